The molecule has 0 amide bonds. The van der Waals surface area contributed by atoms with Crippen molar-refractivity contribution in [3.63, 3.8) is 0 Å². The number of aliphatic carboxylic acids is 1. The third-order valence-corrected chi connectivity index (χ3v) is 7.00. The molecule has 0 bridgehead atoms. The average Bonchev–Trinajstić information content (AvgIpc) is 3.12. The van der Waals surface area contributed by atoms with E-state index >= 15 is 0 Å². The molecule has 2 heterocycles. The third-order valence-electron chi connectivity index (χ3n) is 6.47. The molecule has 1 aromatic heterocycles. The highest BCUT2D eigenvalue weighted by atomic mass is 79.9. The van der Waals surface area contributed by atoms with E-state index in [1.54, 1.807) is 60.8 Å². The molecule has 1 aliphatic heterocycles. The Kier molecular flexibility index (Phi) is 4.48. The van der Waals surface area contributed by atoms with E-state index in [-0.39, 0.29) is 5.69 Å². The van der Waals surface area contributed by atoms with Crippen LogP contribution in [0.4, 0.5) is 0 Å². The molecule has 2 aromatic carbocycles. The Hall–Kier alpha value is -2.74. The van der Waals surface area contributed by atoms with Crippen LogP contribution in [0.1, 0.15) is 28.3 Å². The van der Waals surface area contributed by atoms with Crippen LogP contribution in [0, 0.1) is 12.8 Å². The summed E-state index contributed by atoms with van der Waals surface area (Å²) in [5, 5.41) is 33.6. The summed E-state index contributed by atoms with van der Waals surface area (Å²) in [5.41, 5.74) is -1.46. The fourth-order valence-electron chi connectivity index (χ4n) is 5.22. The molecule has 1 aliphatic carbocycles. The van der Waals surface area contributed by atoms with Crippen LogP contribution in [0.5, 0.6) is 5.75 Å². The quantitative estimate of drug-likeness (QED) is 0.529. The van der Waals surface area contributed by atoms with Gasteiger partial charge < -0.3 is 20.1 Å². The molecule has 158 valence electrons. The number of fused-ring (bicyclic) bond motifs is 3. The molecule has 7 heteroatoms. The van der Waals surface area contributed by atoms with Gasteiger partial charge in [-0.25, -0.2) is 0 Å². The lowest BCUT2D eigenvalue weighted by atomic mass is 9.71. The van der Waals surface area contributed by atoms with E-state index in [1.807, 2.05) is 13.0 Å². The van der Waals surface area contributed by atoms with Gasteiger partial charge in [0.2, 0.25) is 0 Å². The smallest absolute Gasteiger partial charge is 0.310 e. The molecule has 1 fully saturated rings. The topological polar surface area (TPSA) is 99.9 Å². The van der Waals surface area contributed by atoms with Gasteiger partial charge >= 0.3 is 5.97 Å². The highest BCUT2D eigenvalue weighted by Crippen LogP contribution is 2.68. The number of halogens is 1. The lowest BCUT2D eigenvalue weighted by Gasteiger charge is -2.40. The molecule has 1 saturated carbocycles. The second-order valence-corrected chi connectivity index (χ2v) is 9.08. The highest BCUT2D eigenvalue weighted by Gasteiger charge is 2.78. The SMILES string of the molecule is Cc1cnc2c(c1)O[C@@]1(c3ccc(Br)cc3)[C@H](c3ccccc3)[C@@H](C(=O)O)[C@@H](O)[C@@]21O. The van der Waals surface area contributed by atoms with Crippen molar-refractivity contribution in [2.75, 3.05) is 0 Å². The predicted octanol–water partition coefficient (Wildman–Crippen LogP) is 3.49. The number of aryl methyl sites for hydroxylation is 1. The van der Waals surface area contributed by atoms with Crippen molar-refractivity contribution in [1.29, 1.82) is 0 Å². The summed E-state index contributed by atoms with van der Waals surface area (Å²) in [6.45, 7) is 1.85. The van der Waals surface area contributed by atoms with Crippen molar-refractivity contribution < 1.29 is 24.9 Å². The van der Waals surface area contributed by atoms with Crippen molar-refractivity contribution in [1.82, 2.24) is 4.98 Å². The van der Waals surface area contributed by atoms with Gasteiger partial charge in [0.15, 0.2) is 11.2 Å². The molecule has 0 saturated heterocycles. The van der Waals surface area contributed by atoms with Crippen molar-refractivity contribution in [2.24, 2.45) is 5.92 Å². The molecule has 31 heavy (non-hydrogen) atoms. The van der Waals surface area contributed by atoms with E-state index in [9.17, 15) is 20.1 Å². The molecule has 3 aromatic rings. The first-order chi connectivity index (χ1) is 14.8. The van der Waals surface area contributed by atoms with Gasteiger partial charge in [-0.05, 0) is 41.8 Å². The molecular formula is C24H20BrNO5. The number of nitrogens with zero attached hydrogens (tertiary/aromatic N) is 1. The van der Waals surface area contributed by atoms with Crippen molar-refractivity contribution in [3.05, 3.63) is 93.7 Å². The van der Waals surface area contributed by atoms with Crippen LogP contribution in [0.3, 0.4) is 0 Å². The number of aromatic nitrogens is 1. The van der Waals surface area contributed by atoms with Crippen LogP contribution in [0.2, 0.25) is 0 Å². The fourth-order valence-corrected chi connectivity index (χ4v) is 5.49. The van der Waals surface area contributed by atoms with E-state index in [0.29, 0.717) is 16.9 Å². The highest BCUT2D eigenvalue weighted by molar-refractivity contribution is 9.10. The molecule has 5 rings (SSSR count). The van der Waals surface area contributed by atoms with Gasteiger partial charge in [-0.2, -0.15) is 0 Å². The number of benzene rings is 2. The molecule has 3 N–H and O–H groups in total. The second-order valence-electron chi connectivity index (χ2n) is 8.17. The average molecular weight is 482 g/mol. The van der Waals surface area contributed by atoms with E-state index < -0.39 is 35.1 Å². The van der Waals surface area contributed by atoms with Crippen LogP contribution >= 0.6 is 15.9 Å². The maximum atomic E-state index is 12.4. The summed E-state index contributed by atoms with van der Waals surface area (Å²) >= 11 is 3.42. The number of hydrogen-bond acceptors (Lipinski definition) is 5. The zero-order valence-corrected chi connectivity index (χ0v) is 18.2. The summed E-state index contributed by atoms with van der Waals surface area (Å²) in [7, 11) is 0. The number of carboxylic acids is 1. The first kappa shape index (κ1) is 20.2. The Morgan fingerprint density at radius 2 is 1.81 bits per heavy atom. The van der Waals surface area contributed by atoms with Crippen LogP contribution < -0.4 is 4.74 Å². The van der Waals surface area contributed by atoms with Gasteiger partial charge in [0.1, 0.15) is 17.5 Å². The molecule has 6 nitrogen and oxygen atoms in total. The largest absolute Gasteiger partial charge is 0.481 e. The monoisotopic (exact) mass is 481 g/mol. The number of rotatable bonds is 3. The van der Waals surface area contributed by atoms with Crippen LogP contribution in [-0.2, 0) is 16.0 Å². The van der Waals surface area contributed by atoms with E-state index in [4.69, 9.17) is 4.74 Å². The maximum Gasteiger partial charge on any atom is 0.310 e. The number of aliphatic hydroxyl groups excluding tert-OH is 1. The molecule has 0 radical (unpaired) electrons. The zero-order valence-electron chi connectivity index (χ0n) is 16.6. The first-order valence-electron chi connectivity index (χ1n) is 9.91. The molecule has 5 atom stereocenters. The lowest BCUT2D eigenvalue weighted by Crippen LogP contribution is -2.52. The third kappa shape index (κ3) is 2.57. The number of aliphatic hydroxyl groups is 2. The second kappa shape index (κ2) is 6.88. The van der Waals surface area contributed by atoms with Crippen LogP contribution in [0.15, 0.2) is 71.3 Å². The lowest BCUT2D eigenvalue weighted by molar-refractivity contribution is -0.160. The van der Waals surface area contributed by atoms with Gasteiger partial charge in [0.25, 0.3) is 0 Å². The van der Waals surface area contributed by atoms with E-state index in [0.717, 1.165) is 10.0 Å². The van der Waals surface area contributed by atoms with Crippen molar-refractivity contribution in [2.45, 2.75) is 30.1 Å². The summed E-state index contributed by atoms with van der Waals surface area (Å²) in [4.78, 5) is 16.8. The van der Waals surface area contributed by atoms with E-state index in [1.165, 1.54) is 0 Å². The Morgan fingerprint density at radius 3 is 2.45 bits per heavy atom. The predicted molar refractivity (Wildman–Crippen MR) is 116 cm³/mol. The van der Waals surface area contributed by atoms with Crippen molar-refractivity contribution >= 4 is 21.9 Å². The minimum Gasteiger partial charge on any atom is -0.481 e. The number of carboxylic acid groups (broad SMARTS) is 1. The van der Waals surface area contributed by atoms with Crippen molar-refractivity contribution in [3.8, 4) is 5.75 Å². The number of hydrogen-bond donors (Lipinski definition) is 3. The Morgan fingerprint density at radius 1 is 1.13 bits per heavy atom. The minimum atomic E-state index is -2.06. The maximum absolute atomic E-state index is 12.4. The number of ether oxygens (including phenoxy) is 1. The molecular weight excluding hydrogens is 462 g/mol. The Labute approximate surface area is 187 Å². The van der Waals surface area contributed by atoms with Gasteiger partial charge in [-0.15, -0.1) is 0 Å². The minimum absolute atomic E-state index is 0.151. The molecule has 0 unspecified atom stereocenters. The molecule has 2 aliphatic rings. The number of pyridine rings is 1. The zero-order chi connectivity index (χ0) is 22.0. The van der Waals surface area contributed by atoms with Crippen LogP contribution in [-0.4, -0.2) is 32.4 Å². The summed E-state index contributed by atoms with van der Waals surface area (Å²) in [5.74, 6) is -3.05. The fraction of sp³-hybridized carbons (Fsp3) is 0.250. The van der Waals surface area contributed by atoms with Gasteiger partial charge in [-0.3, -0.25) is 9.78 Å². The number of carbonyl (C=O) groups is 1. The van der Waals surface area contributed by atoms with Gasteiger partial charge in [0, 0.05) is 16.6 Å². The summed E-state index contributed by atoms with van der Waals surface area (Å²) in [6, 6.07) is 17.9. The Balaban J connectivity index is 1.87. The van der Waals surface area contributed by atoms with Gasteiger partial charge in [0.05, 0.1) is 5.92 Å². The summed E-state index contributed by atoms with van der Waals surface area (Å²) in [6.07, 6.45) is -0.0637. The van der Waals surface area contributed by atoms with Gasteiger partial charge in [-0.1, -0.05) is 58.4 Å². The molecule has 0 spiro atoms. The Bertz CT molecular complexity index is 1170. The standard InChI is InChI=1S/C24H20BrNO5/c1-13-11-17-20(26-12-13)23(30)21(27)18(22(28)29)19(14-5-3-2-4-6-14)24(23,31-17)15-7-9-16(25)10-8-15/h2-12,18-19,21,27,30H,1H3,(H,28,29)/t18-,19-,21-,23+,24+/m1/s1. The first-order valence-corrected chi connectivity index (χ1v) is 10.7. The summed E-state index contributed by atoms with van der Waals surface area (Å²) < 4.78 is 7.32. The van der Waals surface area contributed by atoms with Crippen LogP contribution in [0.25, 0.3) is 0 Å². The van der Waals surface area contributed by atoms with E-state index in [2.05, 4.69) is 20.9 Å². The normalized spacial score (nSPS) is 31.0.